The fourth-order valence-electron chi connectivity index (χ4n) is 3.20. The highest BCUT2D eigenvalue weighted by Gasteiger charge is 2.49. The van der Waals surface area contributed by atoms with Gasteiger partial charge in [-0.15, -0.1) is 0 Å². The van der Waals surface area contributed by atoms with Crippen molar-refractivity contribution in [3.8, 4) is 0 Å². The van der Waals surface area contributed by atoms with E-state index in [1.807, 2.05) is 32.0 Å². The lowest BCUT2D eigenvalue weighted by Crippen LogP contribution is -2.66. The minimum Gasteiger partial charge on any atom is -0.328 e. The fraction of sp³-hybridized carbons (Fsp3) is 0.333. The number of benzene rings is 2. The van der Waals surface area contributed by atoms with Crippen molar-refractivity contribution in [1.29, 1.82) is 0 Å². The third kappa shape index (κ3) is 3.97. The second-order valence-corrected chi connectivity index (χ2v) is 8.08. The molecule has 4 nitrogen and oxygen atoms in total. The molecule has 1 saturated heterocycles. The van der Waals surface area contributed by atoms with E-state index in [-0.39, 0.29) is 18.2 Å². The number of hydrogen-bond acceptors (Lipinski definition) is 2. The predicted octanol–water partition coefficient (Wildman–Crippen LogP) is 4.78. The summed E-state index contributed by atoms with van der Waals surface area (Å²) in [6.45, 7) is 6.38. The van der Waals surface area contributed by atoms with E-state index < -0.39 is 5.54 Å². The molecule has 27 heavy (non-hydrogen) atoms. The van der Waals surface area contributed by atoms with Crippen molar-refractivity contribution in [1.82, 2.24) is 4.90 Å². The number of anilines is 1. The molecule has 1 unspecified atom stereocenters. The molecule has 0 radical (unpaired) electrons. The molecular formula is C21H22Cl2N2O2. The van der Waals surface area contributed by atoms with E-state index in [2.05, 4.69) is 5.32 Å². The van der Waals surface area contributed by atoms with Crippen molar-refractivity contribution < 1.29 is 9.59 Å². The summed E-state index contributed by atoms with van der Waals surface area (Å²) in [7, 11) is 0. The first-order chi connectivity index (χ1) is 12.7. The number of hydrogen-bond donors (Lipinski definition) is 1. The van der Waals surface area contributed by atoms with E-state index in [0.717, 1.165) is 11.3 Å². The van der Waals surface area contributed by atoms with E-state index >= 15 is 0 Å². The van der Waals surface area contributed by atoms with E-state index in [1.165, 1.54) is 5.56 Å². The van der Waals surface area contributed by atoms with E-state index in [4.69, 9.17) is 23.2 Å². The summed E-state index contributed by atoms with van der Waals surface area (Å²) in [6, 6.07) is 10.9. The predicted molar refractivity (Wildman–Crippen MR) is 109 cm³/mol. The zero-order valence-corrected chi connectivity index (χ0v) is 17.1. The Hall–Kier alpha value is -2.04. The average Bonchev–Trinajstić information content (AvgIpc) is 2.59. The van der Waals surface area contributed by atoms with Gasteiger partial charge in [0.2, 0.25) is 11.8 Å². The molecule has 0 spiro atoms. The van der Waals surface area contributed by atoms with Gasteiger partial charge in [0.15, 0.2) is 0 Å². The minimum atomic E-state index is -0.852. The van der Waals surface area contributed by atoms with E-state index in [9.17, 15) is 9.59 Å². The lowest BCUT2D eigenvalue weighted by Gasteiger charge is -2.49. The highest BCUT2D eigenvalue weighted by atomic mass is 35.5. The molecule has 2 aromatic rings. The molecule has 2 amide bonds. The largest absolute Gasteiger partial charge is 0.328 e. The molecule has 0 aromatic heterocycles. The molecule has 1 fully saturated rings. The van der Waals surface area contributed by atoms with Crippen molar-refractivity contribution in [3.63, 3.8) is 0 Å². The van der Waals surface area contributed by atoms with Crippen molar-refractivity contribution in [3.05, 3.63) is 63.1 Å². The quantitative estimate of drug-likeness (QED) is 0.796. The first-order valence-corrected chi connectivity index (χ1v) is 9.59. The number of carbonyl (C=O) groups is 2. The van der Waals surface area contributed by atoms with Crippen LogP contribution in [0.3, 0.4) is 0 Å². The van der Waals surface area contributed by atoms with Crippen LogP contribution in [0.2, 0.25) is 10.0 Å². The van der Waals surface area contributed by atoms with Crippen LogP contribution in [0.1, 0.15) is 30.0 Å². The van der Waals surface area contributed by atoms with Crippen LogP contribution in [-0.2, 0) is 16.0 Å². The highest BCUT2D eigenvalue weighted by molar-refractivity contribution is 6.35. The molecule has 1 aliphatic rings. The average molecular weight is 405 g/mol. The maximum Gasteiger partial charge on any atom is 0.250 e. The first kappa shape index (κ1) is 19.7. The van der Waals surface area contributed by atoms with Gasteiger partial charge in [0.1, 0.15) is 5.54 Å². The van der Waals surface area contributed by atoms with Crippen molar-refractivity contribution in [2.75, 3.05) is 11.9 Å². The Balaban J connectivity index is 1.70. The smallest absolute Gasteiger partial charge is 0.250 e. The summed E-state index contributed by atoms with van der Waals surface area (Å²) >= 11 is 12.1. The van der Waals surface area contributed by atoms with Crippen LogP contribution in [0.25, 0.3) is 0 Å². The summed E-state index contributed by atoms with van der Waals surface area (Å²) in [4.78, 5) is 27.2. The zero-order valence-electron chi connectivity index (χ0n) is 15.6. The molecule has 0 aliphatic carbocycles. The fourth-order valence-corrected chi connectivity index (χ4v) is 3.68. The maximum absolute atomic E-state index is 12.8. The molecule has 0 saturated carbocycles. The second-order valence-electron chi connectivity index (χ2n) is 7.23. The maximum atomic E-state index is 12.8. The number of nitrogens with zero attached hydrogens (tertiary/aromatic N) is 1. The Labute approximate surface area is 169 Å². The lowest BCUT2D eigenvalue weighted by molar-refractivity contribution is -0.154. The summed E-state index contributed by atoms with van der Waals surface area (Å²) in [5, 5.41) is 3.93. The van der Waals surface area contributed by atoms with Gasteiger partial charge in [0.25, 0.3) is 0 Å². The van der Waals surface area contributed by atoms with Crippen LogP contribution >= 0.6 is 23.2 Å². The topological polar surface area (TPSA) is 49.4 Å². The van der Waals surface area contributed by atoms with Gasteiger partial charge in [-0.05, 0) is 68.1 Å². The number of rotatable bonds is 4. The number of aryl methyl sites for hydroxylation is 2. The zero-order chi connectivity index (χ0) is 19.8. The van der Waals surface area contributed by atoms with Crippen LogP contribution in [0.5, 0.6) is 0 Å². The Morgan fingerprint density at radius 3 is 2.44 bits per heavy atom. The first-order valence-electron chi connectivity index (χ1n) is 8.84. The van der Waals surface area contributed by atoms with Crippen LogP contribution in [-0.4, -0.2) is 28.8 Å². The van der Waals surface area contributed by atoms with Gasteiger partial charge in [-0.3, -0.25) is 9.59 Å². The van der Waals surface area contributed by atoms with Gasteiger partial charge in [-0.2, -0.15) is 0 Å². The number of amides is 2. The lowest BCUT2D eigenvalue weighted by atomic mass is 9.84. The number of halogens is 2. The third-order valence-electron chi connectivity index (χ3n) is 5.33. The standard InChI is InChI=1S/C21H22Cl2N2O2/c1-13-4-7-17(10-14(13)2)24-20(27)21(3)8-9-25(21)19(26)11-15-5-6-16(22)12-18(15)23/h4-7,10,12H,8-9,11H2,1-3H3,(H,24,27). The normalized spacial score (nSPS) is 18.8. The summed E-state index contributed by atoms with van der Waals surface area (Å²) in [5.74, 6) is -0.296. The Morgan fingerprint density at radius 2 is 1.85 bits per heavy atom. The molecule has 1 aliphatic heterocycles. The van der Waals surface area contributed by atoms with Crippen molar-refractivity contribution >= 4 is 40.7 Å². The Bertz CT molecular complexity index is 913. The van der Waals surface area contributed by atoms with Gasteiger partial charge < -0.3 is 10.2 Å². The molecule has 142 valence electrons. The number of likely N-dealkylation sites (tertiary alicyclic amines) is 1. The van der Waals surface area contributed by atoms with Gasteiger partial charge >= 0.3 is 0 Å². The minimum absolute atomic E-state index is 0.122. The number of carbonyl (C=O) groups excluding carboxylic acids is 2. The van der Waals surface area contributed by atoms with Gasteiger partial charge in [0.05, 0.1) is 6.42 Å². The Kier molecular flexibility index (Phi) is 5.50. The van der Waals surface area contributed by atoms with Crippen LogP contribution in [0.4, 0.5) is 5.69 Å². The van der Waals surface area contributed by atoms with Crippen LogP contribution in [0, 0.1) is 13.8 Å². The van der Waals surface area contributed by atoms with Crippen molar-refractivity contribution in [2.45, 2.75) is 39.2 Å². The summed E-state index contributed by atoms with van der Waals surface area (Å²) in [6.07, 6.45) is 0.770. The molecular weight excluding hydrogens is 383 g/mol. The molecule has 6 heteroatoms. The van der Waals surface area contributed by atoms with Gasteiger partial charge in [-0.1, -0.05) is 35.3 Å². The SMILES string of the molecule is Cc1ccc(NC(=O)C2(C)CCN2C(=O)Cc2ccc(Cl)cc2Cl)cc1C. The number of nitrogens with one attached hydrogen (secondary N) is 1. The second kappa shape index (κ2) is 7.53. The molecule has 1 atom stereocenters. The van der Waals surface area contributed by atoms with Gasteiger partial charge in [-0.25, -0.2) is 0 Å². The highest BCUT2D eigenvalue weighted by Crippen LogP contribution is 2.33. The molecule has 2 aromatic carbocycles. The van der Waals surface area contributed by atoms with Crippen LogP contribution < -0.4 is 5.32 Å². The van der Waals surface area contributed by atoms with Gasteiger partial charge in [0, 0.05) is 22.3 Å². The Morgan fingerprint density at radius 1 is 1.11 bits per heavy atom. The molecule has 1 N–H and O–H groups in total. The molecule has 3 rings (SSSR count). The molecule has 1 heterocycles. The van der Waals surface area contributed by atoms with E-state index in [1.54, 1.807) is 30.0 Å². The molecule has 0 bridgehead atoms. The summed E-state index contributed by atoms with van der Waals surface area (Å²) in [5.41, 5.74) is 2.87. The van der Waals surface area contributed by atoms with Crippen LogP contribution in [0.15, 0.2) is 36.4 Å². The monoisotopic (exact) mass is 404 g/mol. The summed E-state index contributed by atoms with van der Waals surface area (Å²) < 4.78 is 0. The third-order valence-corrected chi connectivity index (χ3v) is 5.92. The van der Waals surface area contributed by atoms with Crippen molar-refractivity contribution in [2.24, 2.45) is 0 Å². The van der Waals surface area contributed by atoms with E-state index in [0.29, 0.717) is 28.6 Å².